The standard InChI is InChI=1S/C22H26N2O6/c1-5-29-22(28)21-14(3)23-13(2)20(21)18(26)12-30-19(27)11-17(24-15(4)25)16-9-7-6-8-10-16/h6-10,17,23H,5,11-12H2,1-4H3,(H,24,25)/t17-/m1/s1. The largest absolute Gasteiger partial charge is 0.462 e. The molecule has 0 aliphatic carbocycles. The molecule has 0 aliphatic rings. The molecule has 0 saturated carbocycles. The van der Waals surface area contributed by atoms with Crippen LogP contribution in [0.2, 0.25) is 0 Å². The van der Waals surface area contributed by atoms with Gasteiger partial charge in [-0.05, 0) is 26.3 Å². The number of amides is 1. The summed E-state index contributed by atoms with van der Waals surface area (Å²) in [4.78, 5) is 51.6. The maximum absolute atomic E-state index is 12.7. The monoisotopic (exact) mass is 414 g/mol. The Kier molecular flexibility index (Phi) is 7.91. The first-order chi connectivity index (χ1) is 14.2. The fourth-order valence-electron chi connectivity index (χ4n) is 3.21. The lowest BCUT2D eigenvalue weighted by Gasteiger charge is -2.17. The number of ketones is 1. The number of benzene rings is 1. The van der Waals surface area contributed by atoms with Gasteiger partial charge in [-0.15, -0.1) is 0 Å². The topological polar surface area (TPSA) is 115 Å². The van der Waals surface area contributed by atoms with E-state index in [1.165, 1.54) is 6.92 Å². The van der Waals surface area contributed by atoms with Gasteiger partial charge in [0, 0.05) is 18.3 Å². The summed E-state index contributed by atoms with van der Waals surface area (Å²) in [5, 5.41) is 2.71. The number of Topliss-reactive ketones (excluding diaryl/α,β-unsaturated/α-hetero) is 1. The van der Waals surface area contributed by atoms with Gasteiger partial charge in [0.2, 0.25) is 11.7 Å². The molecule has 1 amide bonds. The highest BCUT2D eigenvalue weighted by Gasteiger charge is 2.26. The van der Waals surface area contributed by atoms with Crippen LogP contribution in [0, 0.1) is 13.8 Å². The zero-order chi connectivity index (χ0) is 22.3. The Labute approximate surface area is 175 Å². The Hall–Kier alpha value is -3.42. The summed E-state index contributed by atoms with van der Waals surface area (Å²) in [6, 6.07) is 8.43. The third kappa shape index (κ3) is 5.79. The normalized spacial score (nSPS) is 11.5. The fourth-order valence-corrected chi connectivity index (χ4v) is 3.21. The number of nitrogens with one attached hydrogen (secondary N) is 2. The van der Waals surface area contributed by atoms with E-state index in [1.807, 2.05) is 6.07 Å². The number of esters is 2. The first-order valence-electron chi connectivity index (χ1n) is 9.61. The van der Waals surface area contributed by atoms with Crippen molar-refractivity contribution in [2.45, 2.75) is 40.2 Å². The van der Waals surface area contributed by atoms with Crippen LogP contribution in [0.3, 0.4) is 0 Å². The molecule has 2 N–H and O–H groups in total. The highest BCUT2D eigenvalue weighted by molar-refractivity contribution is 6.09. The van der Waals surface area contributed by atoms with E-state index in [4.69, 9.17) is 9.47 Å². The van der Waals surface area contributed by atoms with Crippen molar-refractivity contribution < 1.29 is 28.7 Å². The Bertz CT molecular complexity index is 933. The van der Waals surface area contributed by atoms with Gasteiger partial charge >= 0.3 is 11.9 Å². The molecule has 0 saturated heterocycles. The van der Waals surface area contributed by atoms with E-state index in [0.29, 0.717) is 11.4 Å². The second kappa shape index (κ2) is 10.4. The first kappa shape index (κ1) is 22.9. The first-order valence-corrected chi connectivity index (χ1v) is 9.61. The number of carbonyl (C=O) groups is 4. The van der Waals surface area contributed by atoms with Crippen molar-refractivity contribution in [3.63, 3.8) is 0 Å². The van der Waals surface area contributed by atoms with Crippen LogP contribution < -0.4 is 5.32 Å². The van der Waals surface area contributed by atoms with Crippen molar-refractivity contribution >= 4 is 23.6 Å². The van der Waals surface area contributed by atoms with Crippen LogP contribution in [0.4, 0.5) is 0 Å². The van der Waals surface area contributed by atoms with Gasteiger partial charge in [0.25, 0.3) is 0 Å². The van der Waals surface area contributed by atoms with Crippen LogP contribution in [0.5, 0.6) is 0 Å². The van der Waals surface area contributed by atoms with E-state index in [0.717, 1.165) is 5.56 Å². The van der Waals surface area contributed by atoms with E-state index in [1.54, 1.807) is 45.0 Å². The van der Waals surface area contributed by atoms with Gasteiger partial charge in [-0.25, -0.2) is 4.79 Å². The van der Waals surface area contributed by atoms with Crippen LogP contribution in [0.1, 0.15) is 64.0 Å². The number of hydrogen-bond donors (Lipinski definition) is 2. The molecule has 0 aliphatic heterocycles. The van der Waals surface area contributed by atoms with Gasteiger partial charge in [0.1, 0.15) is 0 Å². The van der Waals surface area contributed by atoms with Crippen LogP contribution in [-0.2, 0) is 19.1 Å². The molecule has 8 nitrogen and oxygen atoms in total. The van der Waals surface area contributed by atoms with Crippen molar-refractivity contribution in [1.29, 1.82) is 0 Å². The summed E-state index contributed by atoms with van der Waals surface area (Å²) in [6.07, 6.45) is -0.132. The Morgan fingerprint density at radius 1 is 1.00 bits per heavy atom. The second-order valence-electron chi connectivity index (χ2n) is 6.80. The van der Waals surface area contributed by atoms with Gasteiger partial charge in [-0.3, -0.25) is 14.4 Å². The molecule has 0 spiro atoms. The van der Waals surface area contributed by atoms with Crippen molar-refractivity contribution in [1.82, 2.24) is 10.3 Å². The minimum atomic E-state index is -0.645. The van der Waals surface area contributed by atoms with Crippen LogP contribution in [0.25, 0.3) is 0 Å². The molecule has 8 heteroatoms. The summed E-state index contributed by atoms with van der Waals surface area (Å²) in [5.74, 6) is -2.05. The molecule has 1 heterocycles. The van der Waals surface area contributed by atoms with Gasteiger partial charge in [0.05, 0.1) is 30.2 Å². The van der Waals surface area contributed by atoms with E-state index in [-0.39, 0.29) is 30.1 Å². The highest BCUT2D eigenvalue weighted by atomic mass is 16.5. The fraction of sp³-hybridized carbons (Fsp3) is 0.364. The Morgan fingerprint density at radius 3 is 2.23 bits per heavy atom. The summed E-state index contributed by atoms with van der Waals surface area (Å²) in [6.45, 7) is 6.01. The number of H-pyrrole nitrogens is 1. The number of aromatic nitrogens is 1. The lowest BCUT2D eigenvalue weighted by molar-refractivity contribution is -0.143. The average Bonchev–Trinajstić information content (AvgIpc) is 3.00. The van der Waals surface area contributed by atoms with Crippen LogP contribution in [0.15, 0.2) is 30.3 Å². The lowest BCUT2D eigenvalue weighted by Crippen LogP contribution is -2.29. The quantitative estimate of drug-likeness (QED) is 0.482. The predicted octanol–water partition coefficient (Wildman–Crippen LogP) is 2.80. The lowest BCUT2D eigenvalue weighted by atomic mass is 10.0. The van der Waals surface area contributed by atoms with Gasteiger partial charge < -0.3 is 19.8 Å². The molecule has 1 aromatic carbocycles. The minimum Gasteiger partial charge on any atom is -0.462 e. The van der Waals surface area contributed by atoms with Gasteiger partial charge in [0.15, 0.2) is 6.61 Å². The van der Waals surface area contributed by atoms with E-state index in [2.05, 4.69) is 10.3 Å². The molecule has 1 atom stereocenters. The molecule has 0 unspecified atom stereocenters. The third-order valence-electron chi connectivity index (χ3n) is 4.45. The second-order valence-corrected chi connectivity index (χ2v) is 6.80. The number of carbonyl (C=O) groups excluding carboxylic acids is 4. The number of aromatic amines is 1. The van der Waals surface area contributed by atoms with Gasteiger partial charge in [-0.1, -0.05) is 30.3 Å². The molecule has 0 fully saturated rings. The molecule has 2 aromatic rings. The number of rotatable bonds is 9. The molecule has 1 aromatic heterocycles. The maximum Gasteiger partial charge on any atom is 0.340 e. The molecule has 0 bridgehead atoms. The predicted molar refractivity (Wildman–Crippen MR) is 109 cm³/mol. The Balaban J connectivity index is 2.08. The van der Waals surface area contributed by atoms with Crippen molar-refractivity contribution in [3.8, 4) is 0 Å². The summed E-state index contributed by atoms with van der Waals surface area (Å²) >= 11 is 0. The third-order valence-corrected chi connectivity index (χ3v) is 4.45. The summed E-state index contributed by atoms with van der Waals surface area (Å²) < 4.78 is 10.2. The minimum absolute atomic E-state index is 0.132. The molecule has 160 valence electrons. The van der Waals surface area contributed by atoms with E-state index in [9.17, 15) is 19.2 Å². The SMILES string of the molecule is CCOC(=O)c1c(C)[nH]c(C)c1C(=O)COC(=O)C[C@@H](NC(C)=O)c1ccccc1. The molecular formula is C22H26N2O6. The van der Waals surface area contributed by atoms with Crippen LogP contribution >= 0.6 is 0 Å². The zero-order valence-corrected chi connectivity index (χ0v) is 17.5. The molecule has 0 radical (unpaired) electrons. The molecular weight excluding hydrogens is 388 g/mol. The van der Waals surface area contributed by atoms with Crippen molar-refractivity contribution in [3.05, 3.63) is 58.4 Å². The summed E-state index contributed by atoms with van der Waals surface area (Å²) in [5.41, 5.74) is 2.06. The average molecular weight is 414 g/mol. The number of ether oxygens (including phenoxy) is 2. The Morgan fingerprint density at radius 2 is 1.63 bits per heavy atom. The smallest absolute Gasteiger partial charge is 0.340 e. The van der Waals surface area contributed by atoms with Crippen molar-refractivity contribution in [2.75, 3.05) is 13.2 Å². The van der Waals surface area contributed by atoms with Gasteiger partial charge in [-0.2, -0.15) is 0 Å². The summed E-state index contributed by atoms with van der Waals surface area (Å²) in [7, 11) is 0. The highest BCUT2D eigenvalue weighted by Crippen LogP contribution is 2.21. The molecule has 2 rings (SSSR count). The van der Waals surface area contributed by atoms with E-state index >= 15 is 0 Å². The van der Waals surface area contributed by atoms with Crippen molar-refractivity contribution in [2.24, 2.45) is 0 Å². The maximum atomic E-state index is 12.7. The number of hydrogen-bond acceptors (Lipinski definition) is 6. The molecule has 30 heavy (non-hydrogen) atoms. The van der Waals surface area contributed by atoms with E-state index < -0.39 is 30.4 Å². The zero-order valence-electron chi connectivity index (χ0n) is 17.5. The van der Waals surface area contributed by atoms with Crippen LogP contribution in [-0.4, -0.2) is 41.8 Å². The number of aryl methyl sites for hydroxylation is 2.